The number of thiol groups is 1. The van der Waals surface area contributed by atoms with Crippen molar-refractivity contribution in [3.8, 4) is 11.5 Å². The van der Waals surface area contributed by atoms with Gasteiger partial charge in [-0.1, -0.05) is 52.8 Å². The normalized spacial score (nSPS) is 10.3. The van der Waals surface area contributed by atoms with E-state index < -0.39 is 0 Å². The standard InChI is InChI=1S/C18H14OSSi/c20-16-10-6-14(7-11-16)19-15-8-12-18(13-9-15)21-17-4-2-1-3-5-17/h1-13,20H. The van der Waals surface area contributed by atoms with Crippen LogP contribution in [0.25, 0.3) is 0 Å². The maximum absolute atomic E-state index is 5.81. The molecule has 0 saturated carbocycles. The third kappa shape index (κ3) is 4.00. The zero-order chi connectivity index (χ0) is 14.5. The summed E-state index contributed by atoms with van der Waals surface area (Å²) in [6.07, 6.45) is 0. The Morgan fingerprint density at radius 1 is 0.619 bits per heavy atom. The zero-order valence-electron chi connectivity index (χ0n) is 11.4. The highest BCUT2D eigenvalue weighted by molar-refractivity contribution is 7.80. The molecule has 0 aliphatic carbocycles. The summed E-state index contributed by atoms with van der Waals surface area (Å²) in [6.45, 7) is 0. The Hall–Kier alpha value is -1.97. The van der Waals surface area contributed by atoms with Gasteiger partial charge in [-0.2, -0.15) is 0 Å². The van der Waals surface area contributed by atoms with Crippen LogP contribution in [-0.2, 0) is 0 Å². The highest BCUT2D eigenvalue weighted by Gasteiger charge is 2.00. The van der Waals surface area contributed by atoms with E-state index in [0.29, 0.717) is 9.52 Å². The van der Waals surface area contributed by atoms with Gasteiger partial charge in [0.05, 0.1) is 0 Å². The third-order valence-corrected chi connectivity index (χ3v) is 4.53. The van der Waals surface area contributed by atoms with Gasteiger partial charge in [0.1, 0.15) is 21.0 Å². The average Bonchev–Trinajstić information content (AvgIpc) is 2.53. The number of benzene rings is 3. The van der Waals surface area contributed by atoms with Crippen molar-refractivity contribution in [3.05, 3.63) is 78.9 Å². The van der Waals surface area contributed by atoms with Gasteiger partial charge in [-0.05, 0) is 36.4 Å². The summed E-state index contributed by atoms with van der Waals surface area (Å²) in [6, 6.07) is 26.4. The molecule has 0 N–H and O–H groups in total. The van der Waals surface area contributed by atoms with Crippen molar-refractivity contribution >= 4 is 32.5 Å². The van der Waals surface area contributed by atoms with Crippen LogP contribution in [0.1, 0.15) is 0 Å². The molecule has 0 bridgehead atoms. The molecule has 102 valence electrons. The lowest BCUT2D eigenvalue weighted by Gasteiger charge is -2.07. The first-order chi connectivity index (χ1) is 10.3. The predicted octanol–water partition coefficient (Wildman–Crippen LogP) is 3.42. The topological polar surface area (TPSA) is 9.23 Å². The van der Waals surface area contributed by atoms with Crippen molar-refractivity contribution in [2.45, 2.75) is 4.90 Å². The smallest absolute Gasteiger partial charge is 0.127 e. The van der Waals surface area contributed by atoms with E-state index >= 15 is 0 Å². The van der Waals surface area contributed by atoms with E-state index in [4.69, 9.17) is 4.74 Å². The van der Waals surface area contributed by atoms with E-state index in [2.05, 4.69) is 49.0 Å². The lowest BCUT2D eigenvalue weighted by atomic mass is 10.3. The molecule has 0 atom stereocenters. The minimum absolute atomic E-state index is 0.674. The molecule has 3 heteroatoms. The molecule has 0 saturated heterocycles. The minimum atomic E-state index is 0.674. The Labute approximate surface area is 132 Å². The molecule has 0 fully saturated rings. The molecule has 2 radical (unpaired) electrons. The molecule has 3 aromatic rings. The highest BCUT2D eigenvalue weighted by Crippen LogP contribution is 2.21. The molecule has 1 nitrogen and oxygen atoms in total. The van der Waals surface area contributed by atoms with Gasteiger partial charge >= 0.3 is 0 Å². The molecule has 0 unspecified atom stereocenters. The van der Waals surface area contributed by atoms with E-state index in [1.807, 2.05) is 42.5 Å². The van der Waals surface area contributed by atoms with Gasteiger partial charge in [-0.15, -0.1) is 12.6 Å². The summed E-state index contributed by atoms with van der Waals surface area (Å²) in [5, 5.41) is 2.65. The Morgan fingerprint density at radius 2 is 1.14 bits per heavy atom. The first-order valence-electron chi connectivity index (χ1n) is 6.69. The third-order valence-electron chi connectivity index (χ3n) is 2.99. The predicted molar refractivity (Wildman–Crippen MR) is 91.7 cm³/mol. The fourth-order valence-corrected chi connectivity index (χ4v) is 3.12. The molecular weight excluding hydrogens is 292 g/mol. The molecule has 21 heavy (non-hydrogen) atoms. The van der Waals surface area contributed by atoms with E-state index in [1.165, 1.54) is 10.4 Å². The van der Waals surface area contributed by atoms with E-state index in [9.17, 15) is 0 Å². The van der Waals surface area contributed by atoms with Gasteiger partial charge in [0.25, 0.3) is 0 Å². The van der Waals surface area contributed by atoms with Gasteiger partial charge in [-0.3, -0.25) is 0 Å². The van der Waals surface area contributed by atoms with Gasteiger partial charge in [-0.25, -0.2) is 0 Å². The van der Waals surface area contributed by atoms with Crippen LogP contribution in [0.4, 0.5) is 0 Å². The first kappa shape index (κ1) is 14.0. The van der Waals surface area contributed by atoms with Crippen LogP contribution in [-0.4, -0.2) is 9.52 Å². The molecular formula is C18H14OSSi. The molecule has 0 amide bonds. The Kier molecular flexibility index (Phi) is 4.43. The Morgan fingerprint density at radius 3 is 1.76 bits per heavy atom. The SMILES string of the molecule is Sc1ccc(Oc2ccc([Si]c3ccccc3)cc2)cc1. The van der Waals surface area contributed by atoms with Crippen LogP contribution < -0.4 is 15.1 Å². The quantitative estimate of drug-likeness (QED) is 0.574. The van der Waals surface area contributed by atoms with Crippen LogP contribution >= 0.6 is 12.6 Å². The summed E-state index contributed by atoms with van der Waals surface area (Å²) in [7, 11) is 0.674. The second-order valence-corrected chi connectivity index (χ2v) is 6.53. The maximum atomic E-state index is 5.81. The van der Waals surface area contributed by atoms with Crippen molar-refractivity contribution in [2.24, 2.45) is 0 Å². The van der Waals surface area contributed by atoms with E-state index in [0.717, 1.165) is 16.4 Å². The van der Waals surface area contributed by atoms with Gasteiger partial charge < -0.3 is 4.74 Å². The second kappa shape index (κ2) is 6.65. The lowest BCUT2D eigenvalue weighted by Crippen LogP contribution is -2.26. The Balaban J connectivity index is 1.68. The van der Waals surface area contributed by atoms with E-state index in [-0.39, 0.29) is 0 Å². The summed E-state index contributed by atoms with van der Waals surface area (Å²) in [5.41, 5.74) is 0. The summed E-state index contributed by atoms with van der Waals surface area (Å²) >= 11 is 4.26. The number of ether oxygens (including phenoxy) is 1. The van der Waals surface area contributed by atoms with Gasteiger partial charge in [0, 0.05) is 4.90 Å². The summed E-state index contributed by atoms with van der Waals surface area (Å²) in [5.74, 6) is 1.68. The monoisotopic (exact) mass is 306 g/mol. The Bertz CT molecular complexity index is 694. The zero-order valence-corrected chi connectivity index (χ0v) is 13.3. The van der Waals surface area contributed by atoms with Crippen molar-refractivity contribution in [2.75, 3.05) is 0 Å². The van der Waals surface area contributed by atoms with Crippen LogP contribution in [0.5, 0.6) is 11.5 Å². The molecule has 0 spiro atoms. The molecule has 0 aliphatic rings. The van der Waals surface area contributed by atoms with Crippen molar-refractivity contribution in [1.82, 2.24) is 0 Å². The van der Waals surface area contributed by atoms with Crippen LogP contribution in [0.2, 0.25) is 0 Å². The summed E-state index contributed by atoms with van der Waals surface area (Å²) in [4.78, 5) is 0.932. The van der Waals surface area contributed by atoms with Crippen molar-refractivity contribution in [3.63, 3.8) is 0 Å². The molecule has 0 heterocycles. The first-order valence-corrected chi connectivity index (χ1v) is 8.13. The minimum Gasteiger partial charge on any atom is -0.457 e. The fraction of sp³-hybridized carbons (Fsp3) is 0. The van der Waals surface area contributed by atoms with Gasteiger partial charge in [0.15, 0.2) is 0 Å². The largest absolute Gasteiger partial charge is 0.457 e. The van der Waals surface area contributed by atoms with Crippen molar-refractivity contribution in [1.29, 1.82) is 0 Å². The molecule has 0 aliphatic heterocycles. The van der Waals surface area contributed by atoms with Crippen molar-refractivity contribution < 1.29 is 4.74 Å². The highest BCUT2D eigenvalue weighted by atomic mass is 32.1. The molecule has 0 aromatic heterocycles. The second-order valence-electron chi connectivity index (χ2n) is 4.61. The average molecular weight is 306 g/mol. The van der Waals surface area contributed by atoms with Gasteiger partial charge in [0.2, 0.25) is 0 Å². The number of hydrogen-bond donors (Lipinski definition) is 1. The summed E-state index contributed by atoms with van der Waals surface area (Å²) < 4.78 is 5.81. The number of rotatable bonds is 4. The molecule has 3 rings (SSSR count). The van der Waals surface area contributed by atoms with Crippen LogP contribution in [0, 0.1) is 0 Å². The fourth-order valence-electron chi connectivity index (χ4n) is 1.94. The van der Waals surface area contributed by atoms with E-state index in [1.54, 1.807) is 0 Å². The number of hydrogen-bond acceptors (Lipinski definition) is 2. The lowest BCUT2D eigenvalue weighted by molar-refractivity contribution is 0.482. The van der Waals surface area contributed by atoms with Crippen LogP contribution in [0.15, 0.2) is 83.8 Å². The van der Waals surface area contributed by atoms with Crippen LogP contribution in [0.3, 0.4) is 0 Å². The molecule has 3 aromatic carbocycles. The maximum Gasteiger partial charge on any atom is 0.127 e.